The van der Waals surface area contributed by atoms with Crippen LogP contribution in [-0.4, -0.2) is 48.8 Å². The van der Waals surface area contributed by atoms with Crippen molar-refractivity contribution in [3.8, 4) is 0 Å². The van der Waals surface area contributed by atoms with E-state index in [4.69, 9.17) is 4.79 Å². The van der Waals surface area contributed by atoms with Gasteiger partial charge in [-0.3, -0.25) is 0 Å². The molecule has 0 saturated heterocycles. The van der Waals surface area contributed by atoms with Gasteiger partial charge in [0.25, 0.3) is 0 Å². The molecule has 0 radical (unpaired) electrons. The average Bonchev–Trinajstić information content (AvgIpc) is 3.08. The Morgan fingerprint density at radius 2 is 1.77 bits per heavy atom. The zero-order valence-corrected chi connectivity index (χ0v) is 20.6. The van der Waals surface area contributed by atoms with Crippen molar-refractivity contribution in [2.45, 2.75) is 84.0 Å². The number of hydrogen-bond acceptors (Lipinski definition) is 5. The van der Waals surface area contributed by atoms with Gasteiger partial charge in [-0.25, -0.2) is 13.8 Å². The molecule has 3 rings (SSSR count). The summed E-state index contributed by atoms with van der Waals surface area (Å²) in [6.45, 7) is 11.8. The van der Waals surface area contributed by atoms with Crippen molar-refractivity contribution in [2.24, 2.45) is 11.7 Å². The molecule has 180 valence electrons. The van der Waals surface area contributed by atoms with E-state index in [1.54, 1.807) is 11.3 Å². The Morgan fingerprint density at radius 3 is 2.35 bits per heavy atom. The predicted molar refractivity (Wildman–Crippen MR) is 129 cm³/mol. The fourth-order valence-electron chi connectivity index (χ4n) is 3.96. The first-order valence-corrected chi connectivity index (χ1v) is 12.3. The highest BCUT2D eigenvalue weighted by atomic mass is 32.1. The van der Waals surface area contributed by atoms with E-state index in [1.807, 2.05) is 0 Å². The zero-order valence-electron chi connectivity index (χ0n) is 19.8. The molecular formula is C24H43F2N3OS. The molecule has 1 fully saturated rings. The van der Waals surface area contributed by atoms with Crippen LogP contribution in [0.3, 0.4) is 0 Å². The Morgan fingerprint density at radius 1 is 1.19 bits per heavy atom. The van der Waals surface area contributed by atoms with Crippen molar-refractivity contribution in [1.29, 1.82) is 0 Å². The minimum absolute atomic E-state index is 0.0904. The van der Waals surface area contributed by atoms with Crippen molar-refractivity contribution in [1.82, 2.24) is 9.88 Å². The van der Waals surface area contributed by atoms with Gasteiger partial charge < -0.3 is 15.4 Å². The van der Waals surface area contributed by atoms with Gasteiger partial charge in [0.05, 0.1) is 10.7 Å². The molecular weight excluding hydrogens is 416 g/mol. The molecule has 1 aliphatic heterocycles. The van der Waals surface area contributed by atoms with E-state index in [0.29, 0.717) is 6.42 Å². The summed E-state index contributed by atoms with van der Waals surface area (Å²) in [5, 5.41) is 0.900. The van der Waals surface area contributed by atoms with Crippen LogP contribution in [-0.2, 0) is 24.1 Å². The van der Waals surface area contributed by atoms with Crippen LogP contribution in [0.2, 0.25) is 0 Å². The molecule has 0 spiro atoms. The molecule has 0 bridgehead atoms. The molecule has 0 amide bonds. The number of aryl methyl sites for hydroxylation is 1. The van der Waals surface area contributed by atoms with Crippen molar-refractivity contribution in [3.05, 3.63) is 28.7 Å². The van der Waals surface area contributed by atoms with Gasteiger partial charge in [0, 0.05) is 37.2 Å². The summed E-state index contributed by atoms with van der Waals surface area (Å²) in [4.78, 5) is 17.4. The minimum Gasteiger partial charge on any atom is -0.333 e. The lowest BCUT2D eigenvalue weighted by atomic mass is 9.87. The second kappa shape index (κ2) is 17.4. The van der Waals surface area contributed by atoms with Gasteiger partial charge in [0.15, 0.2) is 0 Å². The minimum atomic E-state index is -2.58. The highest BCUT2D eigenvalue weighted by Gasteiger charge is 2.23. The third-order valence-corrected chi connectivity index (χ3v) is 6.72. The average molecular weight is 460 g/mol. The number of fused-ring (bicyclic) bond motifs is 1. The Bertz CT molecular complexity index is 558. The number of halogens is 2. The summed E-state index contributed by atoms with van der Waals surface area (Å²) in [5.74, 6) is -1.64. The number of rotatable bonds is 6. The molecule has 4 nitrogen and oxygen atoms in total. The molecule has 2 N–H and O–H groups in total. The van der Waals surface area contributed by atoms with Crippen LogP contribution in [0.1, 0.15) is 74.4 Å². The number of thiazole rings is 1. The number of aldehydes is 1. The molecule has 1 saturated carbocycles. The summed E-state index contributed by atoms with van der Waals surface area (Å²) in [7, 11) is 1.50. The van der Waals surface area contributed by atoms with Gasteiger partial charge >= 0.3 is 0 Å². The number of hydrogen-bond donors (Lipinski definition) is 1. The maximum Gasteiger partial charge on any atom is 0.245 e. The first kappa shape index (κ1) is 29.8. The lowest BCUT2D eigenvalue weighted by molar-refractivity contribution is -0.106. The first-order chi connectivity index (χ1) is 14.9. The molecule has 0 aromatic carbocycles. The van der Waals surface area contributed by atoms with Crippen LogP contribution in [0.5, 0.6) is 0 Å². The van der Waals surface area contributed by atoms with Gasteiger partial charge in [0.2, 0.25) is 5.92 Å². The lowest BCUT2D eigenvalue weighted by Crippen LogP contribution is -2.29. The van der Waals surface area contributed by atoms with Crippen molar-refractivity contribution < 1.29 is 13.6 Å². The van der Waals surface area contributed by atoms with Crippen LogP contribution in [0, 0.1) is 5.92 Å². The van der Waals surface area contributed by atoms with Crippen molar-refractivity contribution in [2.75, 3.05) is 26.7 Å². The van der Waals surface area contributed by atoms with Gasteiger partial charge in [-0.05, 0) is 46.2 Å². The smallest absolute Gasteiger partial charge is 0.245 e. The van der Waals surface area contributed by atoms with E-state index in [1.165, 1.54) is 69.6 Å². The summed E-state index contributed by atoms with van der Waals surface area (Å²) in [6.07, 6.45) is 11.6. The molecule has 7 heteroatoms. The van der Waals surface area contributed by atoms with Crippen molar-refractivity contribution in [3.63, 3.8) is 0 Å². The van der Waals surface area contributed by atoms with E-state index in [9.17, 15) is 8.78 Å². The van der Waals surface area contributed by atoms with Crippen molar-refractivity contribution >= 4 is 17.6 Å². The summed E-state index contributed by atoms with van der Waals surface area (Å²) >= 11 is 1.67. The van der Waals surface area contributed by atoms with Crippen LogP contribution in [0.4, 0.5) is 8.78 Å². The Balaban J connectivity index is 0.00000116. The highest BCUT2D eigenvalue weighted by Crippen LogP contribution is 2.28. The Hall–Kier alpha value is -1.18. The van der Waals surface area contributed by atoms with E-state index in [0.717, 1.165) is 50.1 Å². The van der Waals surface area contributed by atoms with Crippen LogP contribution >= 0.6 is 11.3 Å². The standard InChI is InChI=1S/C19H30F2N2S.C2H4O.C2H4.CH5N/c1-19(20,21)11-7-18-22-16-9-13-23(14-10-17(16)24-18)12-8-15-5-3-2-4-6-15;1-2-3;2*1-2/h15H,2-14H2,1H3;2H,1H3;1-2H2;2H2,1H3. The van der Waals surface area contributed by atoms with E-state index < -0.39 is 5.92 Å². The van der Waals surface area contributed by atoms with E-state index in [2.05, 4.69) is 28.8 Å². The monoisotopic (exact) mass is 459 g/mol. The van der Waals surface area contributed by atoms with Crippen LogP contribution < -0.4 is 5.73 Å². The normalized spacial score (nSPS) is 16.8. The number of carbonyl (C=O) groups excluding carboxylic acids is 1. The van der Waals surface area contributed by atoms with Gasteiger partial charge in [0.1, 0.15) is 6.29 Å². The molecule has 0 atom stereocenters. The van der Waals surface area contributed by atoms with E-state index in [-0.39, 0.29) is 6.42 Å². The third-order valence-electron chi connectivity index (χ3n) is 5.50. The fourth-order valence-corrected chi connectivity index (χ4v) is 5.06. The molecule has 1 aromatic heterocycles. The molecule has 1 aliphatic carbocycles. The molecule has 2 aliphatic rings. The molecule has 2 heterocycles. The predicted octanol–water partition coefficient (Wildman–Crippen LogP) is 5.68. The fraction of sp³-hybridized carbons (Fsp3) is 0.750. The number of aromatic nitrogens is 1. The third kappa shape index (κ3) is 13.1. The lowest BCUT2D eigenvalue weighted by Gasteiger charge is -2.26. The van der Waals surface area contributed by atoms with Gasteiger partial charge in [-0.15, -0.1) is 24.5 Å². The zero-order chi connectivity index (χ0) is 23.7. The van der Waals surface area contributed by atoms with Gasteiger partial charge in [-0.2, -0.15) is 0 Å². The molecule has 31 heavy (non-hydrogen) atoms. The van der Waals surface area contributed by atoms with Gasteiger partial charge in [-0.1, -0.05) is 32.1 Å². The SMILES string of the molecule is C=C.CC(F)(F)CCc1nc2c(s1)CCN(CCC1CCCCC1)CC2.CC=O.CN. The molecule has 0 unspecified atom stereocenters. The van der Waals surface area contributed by atoms with E-state index >= 15 is 0 Å². The number of carbonyl (C=O) groups is 1. The largest absolute Gasteiger partial charge is 0.333 e. The number of nitrogens with two attached hydrogens (primary N) is 1. The quantitative estimate of drug-likeness (QED) is 0.439. The second-order valence-corrected chi connectivity index (χ2v) is 9.09. The van der Waals surface area contributed by atoms with Crippen LogP contribution in [0.25, 0.3) is 0 Å². The number of alkyl halides is 2. The van der Waals surface area contributed by atoms with Crippen LogP contribution in [0.15, 0.2) is 13.2 Å². The first-order valence-electron chi connectivity index (χ1n) is 11.5. The Kier molecular flexibility index (Phi) is 16.7. The second-order valence-electron chi connectivity index (χ2n) is 7.92. The maximum absolute atomic E-state index is 13.0. The Labute approximate surface area is 192 Å². The highest BCUT2D eigenvalue weighted by molar-refractivity contribution is 7.11. The number of nitrogens with zero attached hydrogens (tertiary/aromatic N) is 2. The summed E-state index contributed by atoms with van der Waals surface area (Å²) in [5.41, 5.74) is 5.68. The topological polar surface area (TPSA) is 59.2 Å². The maximum atomic E-state index is 13.0. The summed E-state index contributed by atoms with van der Waals surface area (Å²) in [6, 6.07) is 0. The molecule has 1 aromatic rings. The summed E-state index contributed by atoms with van der Waals surface area (Å²) < 4.78 is 26.0.